The number of thiophene rings is 1. The van der Waals surface area contributed by atoms with E-state index in [9.17, 15) is 14.9 Å². The molecule has 0 saturated heterocycles. The largest absolute Gasteiger partial charge is 0.321 e. The Bertz CT molecular complexity index is 654. The fraction of sp³-hybridized carbons (Fsp3) is 0.0833. The van der Waals surface area contributed by atoms with Gasteiger partial charge in [-0.05, 0) is 24.6 Å². The summed E-state index contributed by atoms with van der Waals surface area (Å²) in [7, 11) is 0. The van der Waals surface area contributed by atoms with E-state index < -0.39 is 4.92 Å². The molecule has 1 heterocycles. The second kappa shape index (κ2) is 5.38. The van der Waals surface area contributed by atoms with Gasteiger partial charge in [0.15, 0.2) is 0 Å². The molecule has 1 N–H and O–H groups in total. The molecule has 0 aliphatic carbocycles. The number of non-ortho nitro benzene ring substituents is 1. The van der Waals surface area contributed by atoms with Crippen LogP contribution in [0.4, 0.5) is 11.4 Å². The van der Waals surface area contributed by atoms with Gasteiger partial charge in [0.2, 0.25) is 0 Å². The average Bonchev–Trinajstić information content (AvgIpc) is 2.78. The van der Waals surface area contributed by atoms with Gasteiger partial charge in [-0.3, -0.25) is 14.9 Å². The maximum Gasteiger partial charge on any atom is 0.271 e. The lowest BCUT2D eigenvalue weighted by molar-refractivity contribution is -0.384. The molecular formula is C12H9ClN2O3S. The summed E-state index contributed by atoms with van der Waals surface area (Å²) in [6.07, 6.45) is 0. The molecule has 1 aromatic heterocycles. The van der Waals surface area contributed by atoms with Crippen molar-refractivity contribution in [2.24, 2.45) is 0 Å². The Morgan fingerprint density at radius 1 is 1.37 bits per heavy atom. The first-order chi connectivity index (χ1) is 8.97. The monoisotopic (exact) mass is 296 g/mol. The summed E-state index contributed by atoms with van der Waals surface area (Å²) in [6, 6.07) is 7.56. The number of anilines is 1. The maximum absolute atomic E-state index is 11.9. The average molecular weight is 297 g/mol. The molecule has 1 amide bonds. The highest BCUT2D eigenvalue weighted by atomic mass is 35.5. The number of hydrogen-bond acceptors (Lipinski definition) is 4. The van der Waals surface area contributed by atoms with Crippen LogP contribution in [0.3, 0.4) is 0 Å². The number of nitro groups is 1. The minimum Gasteiger partial charge on any atom is -0.321 e. The van der Waals surface area contributed by atoms with E-state index in [1.54, 1.807) is 25.1 Å². The van der Waals surface area contributed by atoms with Crippen molar-refractivity contribution in [3.63, 3.8) is 0 Å². The molecule has 0 unspecified atom stereocenters. The molecule has 0 spiro atoms. The minimum absolute atomic E-state index is 0.0647. The van der Waals surface area contributed by atoms with Crippen molar-refractivity contribution < 1.29 is 9.72 Å². The molecule has 0 atom stereocenters. The Morgan fingerprint density at radius 3 is 2.68 bits per heavy atom. The summed E-state index contributed by atoms with van der Waals surface area (Å²) in [5.41, 5.74) is 1.11. The van der Waals surface area contributed by atoms with Crippen molar-refractivity contribution >= 4 is 40.2 Å². The predicted molar refractivity (Wildman–Crippen MR) is 75.1 cm³/mol. The molecule has 98 valence electrons. The minimum atomic E-state index is -0.503. The summed E-state index contributed by atoms with van der Waals surface area (Å²) in [6.45, 7) is 1.76. The van der Waals surface area contributed by atoms with E-state index in [0.717, 1.165) is 16.9 Å². The highest BCUT2D eigenvalue weighted by Crippen LogP contribution is 2.25. The Hall–Kier alpha value is -1.92. The van der Waals surface area contributed by atoms with Crippen molar-refractivity contribution in [3.05, 3.63) is 55.2 Å². The van der Waals surface area contributed by atoms with Crippen molar-refractivity contribution in [3.8, 4) is 0 Å². The van der Waals surface area contributed by atoms with Gasteiger partial charge < -0.3 is 5.32 Å². The van der Waals surface area contributed by atoms with E-state index in [4.69, 9.17) is 11.6 Å². The number of nitrogens with zero attached hydrogens (tertiary/aromatic N) is 1. The van der Waals surface area contributed by atoms with Crippen LogP contribution >= 0.6 is 22.9 Å². The number of carbonyl (C=O) groups excluding carboxylic acids is 1. The van der Waals surface area contributed by atoms with Gasteiger partial charge in [0.25, 0.3) is 11.6 Å². The predicted octanol–water partition coefficient (Wildman–Crippen LogP) is 3.87. The standard InChI is InChI=1S/C12H9ClN2O3S/c1-7-2-3-8(15(17)18)6-9(7)14-12(16)10-4-5-11(13)19-10/h2-6H,1H3,(H,14,16). The fourth-order valence-corrected chi connectivity index (χ4v) is 2.42. The fourth-order valence-electron chi connectivity index (χ4n) is 1.48. The Balaban J connectivity index is 2.25. The number of aryl methyl sites for hydroxylation is 1. The van der Waals surface area contributed by atoms with Gasteiger partial charge in [0.05, 0.1) is 19.8 Å². The lowest BCUT2D eigenvalue weighted by atomic mass is 10.2. The number of rotatable bonds is 3. The van der Waals surface area contributed by atoms with Crippen LogP contribution in [0.2, 0.25) is 4.34 Å². The smallest absolute Gasteiger partial charge is 0.271 e. The Morgan fingerprint density at radius 2 is 2.11 bits per heavy atom. The zero-order valence-corrected chi connectivity index (χ0v) is 11.4. The second-order valence-corrected chi connectivity index (χ2v) is 5.53. The van der Waals surface area contributed by atoms with Gasteiger partial charge in [-0.2, -0.15) is 0 Å². The molecule has 2 rings (SSSR count). The molecule has 7 heteroatoms. The quantitative estimate of drug-likeness (QED) is 0.690. The van der Waals surface area contributed by atoms with Crippen molar-refractivity contribution in [1.29, 1.82) is 0 Å². The highest BCUT2D eigenvalue weighted by molar-refractivity contribution is 7.18. The van der Waals surface area contributed by atoms with Crippen LogP contribution in [0.25, 0.3) is 0 Å². The van der Waals surface area contributed by atoms with E-state index >= 15 is 0 Å². The first-order valence-electron chi connectivity index (χ1n) is 5.29. The molecule has 0 aliphatic rings. The number of nitro benzene ring substituents is 1. The van der Waals surface area contributed by atoms with Gasteiger partial charge in [0.1, 0.15) is 0 Å². The third-order valence-electron chi connectivity index (χ3n) is 2.48. The molecule has 19 heavy (non-hydrogen) atoms. The first kappa shape index (κ1) is 13.5. The lowest BCUT2D eigenvalue weighted by Crippen LogP contribution is -2.11. The number of nitrogens with one attached hydrogen (secondary N) is 1. The van der Waals surface area contributed by atoms with E-state index in [-0.39, 0.29) is 11.6 Å². The lowest BCUT2D eigenvalue weighted by Gasteiger charge is -2.06. The zero-order chi connectivity index (χ0) is 14.0. The molecular weight excluding hydrogens is 288 g/mol. The van der Waals surface area contributed by atoms with Crippen LogP contribution in [-0.2, 0) is 0 Å². The molecule has 0 radical (unpaired) electrons. The van der Waals surface area contributed by atoms with Gasteiger partial charge in [-0.15, -0.1) is 11.3 Å². The number of hydrogen-bond donors (Lipinski definition) is 1. The Kier molecular flexibility index (Phi) is 3.82. The van der Waals surface area contributed by atoms with Crippen LogP contribution in [0, 0.1) is 17.0 Å². The van der Waals surface area contributed by atoms with E-state index in [1.807, 2.05) is 0 Å². The van der Waals surface area contributed by atoms with Gasteiger partial charge in [0, 0.05) is 12.1 Å². The number of carbonyl (C=O) groups is 1. The van der Waals surface area contributed by atoms with Crippen molar-refractivity contribution in [2.45, 2.75) is 6.92 Å². The second-order valence-electron chi connectivity index (χ2n) is 3.81. The summed E-state index contributed by atoms with van der Waals surface area (Å²) < 4.78 is 0.515. The van der Waals surface area contributed by atoms with E-state index in [2.05, 4.69) is 5.32 Å². The molecule has 5 nitrogen and oxygen atoms in total. The molecule has 0 bridgehead atoms. The third-order valence-corrected chi connectivity index (χ3v) is 3.71. The van der Waals surface area contributed by atoms with Crippen LogP contribution in [0.15, 0.2) is 30.3 Å². The number of amides is 1. The Labute approximate surface area is 118 Å². The number of halogens is 1. The van der Waals surface area contributed by atoms with E-state index in [1.165, 1.54) is 12.1 Å². The van der Waals surface area contributed by atoms with Gasteiger partial charge in [-0.1, -0.05) is 17.7 Å². The topological polar surface area (TPSA) is 72.2 Å². The van der Waals surface area contributed by atoms with Crippen molar-refractivity contribution in [1.82, 2.24) is 0 Å². The van der Waals surface area contributed by atoms with Crippen LogP contribution < -0.4 is 5.32 Å². The maximum atomic E-state index is 11.9. The van der Waals surface area contributed by atoms with Gasteiger partial charge in [-0.25, -0.2) is 0 Å². The van der Waals surface area contributed by atoms with Crippen LogP contribution in [0.5, 0.6) is 0 Å². The summed E-state index contributed by atoms with van der Waals surface area (Å²) in [5, 5.41) is 13.3. The highest BCUT2D eigenvalue weighted by Gasteiger charge is 2.13. The molecule has 1 aromatic carbocycles. The molecule has 0 aliphatic heterocycles. The summed E-state index contributed by atoms with van der Waals surface area (Å²) >= 11 is 6.91. The summed E-state index contributed by atoms with van der Waals surface area (Å²) in [4.78, 5) is 22.6. The van der Waals surface area contributed by atoms with Crippen molar-refractivity contribution in [2.75, 3.05) is 5.32 Å². The molecule has 2 aromatic rings. The zero-order valence-electron chi connectivity index (χ0n) is 9.84. The number of benzene rings is 1. The van der Waals surface area contributed by atoms with E-state index in [0.29, 0.717) is 14.9 Å². The first-order valence-corrected chi connectivity index (χ1v) is 6.48. The third kappa shape index (κ3) is 3.10. The van der Waals surface area contributed by atoms with Gasteiger partial charge >= 0.3 is 0 Å². The SMILES string of the molecule is Cc1ccc([N+](=O)[O-])cc1NC(=O)c1ccc(Cl)s1. The molecule has 0 fully saturated rings. The summed E-state index contributed by atoms with van der Waals surface area (Å²) in [5.74, 6) is -0.333. The van der Waals surface area contributed by atoms with Crippen LogP contribution in [0.1, 0.15) is 15.2 Å². The van der Waals surface area contributed by atoms with Crippen LogP contribution in [-0.4, -0.2) is 10.8 Å². The molecule has 0 saturated carbocycles. The normalized spacial score (nSPS) is 10.2.